The molecular formula is C19H31N. The van der Waals surface area contributed by atoms with E-state index in [1.165, 1.54) is 51.4 Å². The molecule has 0 aromatic rings. The number of hydrogen-bond acceptors (Lipinski definition) is 1. The Bertz CT molecular complexity index is 428. The minimum atomic E-state index is 0.499. The van der Waals surface area contributed by atoms with Crippen LogP contribution in [0.1, 0.15) is 72.1 Å². The Balaban J connectivity index is 1.57. The van der Waals surface area contributed by atoms with Crippen molar-refractivity contribution in [1.82, 2.24) is 5.32 Å². The van der Waals surface area contributed by atoms with Crippen LogP contribution in [0.2, 0.25) is 0 Å². The summed E-state index contributed by atoms with van der Waals surface area (Å²) in [5, 5.41) is 3.96. The van der Waals surface area contributed by atoms with Crippen molar-refractivity contribution >= 4 is 0 Å². The molecule has 5 unspecified atom stereocenters. The smallest absolute Gasteiger partial charge is 0.0324 e. The van der Waals surface area contributed by atoms with Gasteiger partial charge in [-0.15, -0.1) is 0 Å². The van der Waals surface area contributed by atoms with Crippen LogP contribution in [0.3, 0.4) is 0 Å². The van der Waals surface area contributed by atoms with E-state index in [-0.39, 0.29) is 0 Å². The van der Waals surface area contributed by atoms with E-state index in [2.05, 4.69) is 26.1 Å². The molecule has 0 radical (unpaired) electrons. The monoisotopic (exact) mass is 273 g/mol. The van der Waals surface area contributed by atoms with Crippen molar-refractivity contribution in [1.29, 1.82) is 0 Å². The fourth-order valence-corrected chi connectivity index (χ4v) is 5.80. The highest BCUT2D eigenvalue weighted by Crippen LogP contribution is 2.55. The predicted octanol–water partition coefficient (Wildman–Crippen LogP) is 4.88. The summed E-state index contributed by atoms with van der Waals surface area (Å²) in [7, 11) is 0. The molecule has 4 aliphatic rings. The van der Waals surface area contributed by atoms with Crippen LogP contribution < -0.4 is 5.32 Å². The van der Waals surface area contributed by atoms with Gasteiger partial charge in [0, 0.05) is 17.7 Å². The molecule has 5 atom stereocenters. The van der Waals surface area contributed by atoms with E-state index in [9.17, 15) is 0 Å². The largest absolute Gasteiger partial charge is 0.385 e. The third kappa shape index (κ3) is 1.96. The molecule has 3 aliphatic carbocycles. The van der Waals surface area contributed by atoms with Gasteiger partial charge in [0.05, 0.1) is 0 Å². The average molecular weight is 273 g/mol. The Morgan fingerprint density at radius 2 is 1.75 bits per heavy atom. The van der Waals surface area contributed by atoms with Crippen LogP contribution in [0.4, 0.5) is 0 Å². The Morgan fingerprint density at radius 3 is 2.55 bits per heavy atom. The van der Waals surface area contributed by atoms with Gasteiger partial charge in [-0.3, -0.25) is 0 Å². The lowest BCUT2D eigenvalue weighted by Crippen LogP contribution is -2.40. The summed E-state index contributed by atoms with van der Waals surface area (Å²) in [6, 6.07) is 0.807. The molecule has 1 heterocycles. The highest BCUT2D eigenvalue weighted by Gasteiger charge is 2.48. The molecule has 4 rings (SSSR count). The van der Waals surface area contributed by atoms with Crippen LogP contribution in [0.5, 0.6) is 0 Å². The van der Waals surface area contributed by atoms with Crippen LogP contribution in [0.25, 0.3) is 0 Å². The second-order valence-electron chi connectivity index (χ2n) is 9.02. The Hall–Kier alpha value is -0.460. The molecule has 0 amide bonds. The minimum Gasteiger partial charge on any atom is -0.385 e. The lowest BCUT2D eigenvalue weighted by atomic mass is 9.64. The van der Waals surface area contributed by atoms with Gasteiger partial charge in [-0.1, -0.05) is 33.6 Å². The fourth-order valence-electron chi connectivity index (χ4n) is 5.80. The summed E-state index contributed by atoms with van der Waals surface area (Å²) in [6.07, 6.45) is 11.7. The molecule has 0 aromatic carbocycles. The van der Waals surface area contributed by atoms with Crippen molar-refractivity contribution in [2.45, 2.75) is 78.2 Å². The molecule has 1 aliphatic heterocycles. The summed E-state index contributed by atoms with van der Waals surface area (Å²) < 4.78 is 0. The van der Waals surface area contributed by atoms with Gasteiger partial charge in [-0.05, 0) is 67.3 Å². The van der Waals surface area contributed by atoms with Crippen LogP contribution in [0, 0.1) is 29.1 Å². The Kier molecular flexibility index (Phi) is 2.98. The van der Waals surface area contributed by atoms with Gasteiger partial charge in [0.2, 0.25) is 0 Å². The molecule has 2 saturated carbocycles. The van der Waals surface area contributed by atoms with Crippen molar-refractivity contribution in [3.8, 4) is 0 Å². The normalized spacial score (nSPS) is 43.9. The zero-order valence-electron chi connectivity index (χ0n) is 13.5. The van der Waals surface area contributed by atoms with E-state index in [0.29, 0.717) is 5.41 Å². The average Bonchev–Trinajstić information content (AvgIpc) is 2.91. The van der Waals surface area contributed by atoms with Gasteiger partial charge in [-0.25, -0.2) is 0 Å². The maximum absolute atomic E-state index is 3.96. The highest BCUT2D eigenvalue weighted by atomic mass is 15.0. The second kappa shape index (κ2) is 4.52. The van der Waals surface area contributed by atoms with Crippen molar-refractivity contribution in [2.24, 2.45) is 29.1 Å². The van der Waals surface area contributed by atoms with Gasteiger partial charge in [0.15, 0.2) is 0 Å². The van der Waals surface area contributed by atoms with Crippen molar-refractivity contribution < 1.29 is 0 Å². The van der Waals surface area contributed by atoms with Crippen LogP contribution in [-0.4, -0.2) is 6.04 Å². The van der Waals surface area contributed by atoms with E-state index in [4.69, 9.17) is 0 Å². The van der Waals surface area contributed by atoms with Gasteiger partial charge in [0.25, 0.3) is 0 Å². The summed E-state index contributed by atoms with van der Waals surface area (Å²) in [4.78, 5) is 0. The lowest BCUT2D eigenvalue weighted by molar-refractivity contribution is 0.128. The van der Waals surface area contributed by atoms with Gasteiger partial charge >= 0.3 is 0 Å². The maximum atomic E-state index is 3.96. The third-order valence-corrected chi connectivity index (χ3v) is 6.96. The van der Waals surface area contributed by atoms with E-state index in [1.54, 1.807) is 5.70 Å². The number of rotatable bonds is 0. The lowest BCUT2D eigenvalue weighted by Gasteiger charge is -2.42. The first-order valence-corrected chi connectivity index (χ1v) is 9.03. The predicted molar refractivity (Wildman–Crippen MR) is 84.3 cm³/mol. The molecule has 1 heteroatoms. The third-order valence-electron chi connectivity index (χ3n) is 6.96. The highest BCUT2D eigenvalue weighted by molar-refractivity contribution is 5.34. The van der Waals surface area contributed by atoms with Gasteiger partial charge in [0.1, 0.15) is 0 Å². The summed E-state index contributed by atoms with van der Waals surface area (Å²) >= 11 is 0. The molecule has 0 saturated heterocycles. The first kappa shape index (κ1) is 13.2. The van der Waals surface area contributed by atoms with Crippen molar-refractivity contribution in [2.75, 3.05) is 0 Å². The first-order valence-electron chi connectivity index (χ1n) is 9.03. The summed E-state index contributed by atoms with van der Waals surface area (Å²) in [5.41, 5.74) is 4.14. The maximum Gasteiger partial charge on any atom is 0.0324 e. The fraction of sp³-hybridized carbons (Fsp3) is 0.895. The Labute approximate surface area is 124 Å². The number of allylic oxidation sites excluding steroid dienone is 1. The molecule has 112 valence electrons. The standard InChI is InChI=1S/C19H31N/c1-19(2,3)13-8-9-16-15(11-13)18-14-7-5-4-6-12(14)10-17(18)20-16/h12-16,20H,4-11H2,1-3H3. The quantitative estimate of drug-likeness (QED) is 0.663. The SMILES string of the molecule is CC(C)(C)C1CCC2NC3=C(C4CCCCC4C3)C2C1. The van der Waals surface area contributed by atoms with Crippen LogP contribution >= 0.6 is 0 Å². The van der Waals surface area contributed by atoms with E-state index < -0.39 is 0 Å². The number of hydrogen-bond donors (Lipinski definition) is 1. The zero-order chi connectivity index (χ0) is 13.9. The topological polar surface area (TPSA) is 12.0 Å². The van der Waals surface area contributed by atoms with Gasteiger partial charge < -0.3 is 5.32 Å². The number of nitrogens with one attached hydrogen (secondary N) is 1. The molecule has 1 nitrogen and oxygen atoms in total. The van der Waals surface area contributed by atoms with E-state index in [1.807, 2.05) is 5.57 Å². The van der Waals surface area contributed by atoms with Crippen LogP contribution in [0.15, 0.2) is 11.3 Å². The molecule has 0 spiro atoms. The minimum absolute atomic E-state index is 0.499. The van der Waals surface area contributed by atoms with Gasteiger partial charge in [-0.2, -0.15) is 0 Å². The Morgan fingerprint density at radius 1 is 0.950 bits per heavy atom. The van der Waals surface area contributed by atoms with Crippen molar-refractivity contribution in [3.05, 3.63) is 11.3 Å². The molecule has 2 fully saturated rings. The number of fused-ring (bicyclic) bond motifs is 4. The molecular weight excluding hydrogens is 242 g/mol. The van der Waals surface area contributed by atoms with E-state index in [0.717, 1.165) is 29.7 Å². The first-order chi connectivity index (χ1) is 9.54. The summed E-state index contributed by atoms with van der Waals surface area (Å²) in [5.74, 6) is 3.81. The van der Waals surface area contributed by atoms with Crippen molar-refractivity contribution in [3.63, 3.8) is 0 Å². The molecule has 0 aromatic heterocycles. The van der Waals surface area contributed by atoms with E-state index >= 15 is 0 Å². The van der Waals surface area contributed by atoms with Crippen LogP contribution in [-0.2, 0) is 0 Å². The molecule has 1 N–H and O–H groups in total. The molecule has 20 heavy (non-hydrogen) atoms. The molecule has 0 bridgehead atoms. The zero-order valence-corrected chi connectivity index (χ0v) is 13.5. The second-order valence-corrected chi connectivity index (χ2v) is 9.02. The summed E-state index contributed by atoms with van der Waals surface area (Å²) in [6.45, 7) is 7.36.